The molecule has 1 rings (SSSR count). The monoisotopic (exact) mass is 434 g/mol. The predicted octanol–water partition coefficient (Wildman–Crippen LogP) is -4.06. The third kappa shape index (κ3) is 10.7. The number of benzene rings is 1. The molecular formula is C22H40Cl2N2O2. The first-order valence-electron chi connectivity index (χ1n) is 10.3. The van der Waals surface area contributed by atoms with Crippen LogP contribution in [0.1, 0.15) is 71.0 Å². The van der Waals surface area contributed by atoms with Crippen molar-refractivity contribution in [2.45, 2.75) is 59.9 Å². The van der Waals surface area contributed by atoms with Crippen LogP contribution in [0.15, 0.2) is 24.3 Å². The van der Waals surface area contributed by atoms with Crippen LogP contribution in [-0.2, 0) is 9.53 Å². The van der Waals surface area contributed by atoms with Crippen LogP contribution in [0.2, 0.25) is 0 Å². The van der Waals surface area contributed by atoms with Gasteiger partial charge in [-0.3, -0.25) is 0 Å². The summed E-state index contributed by atoms with van der Waals surface area (Å²) in [5.74, 6) is 0.926. The van der Waals surface area contributed by atoms with Crippen LogP contribution in [0.5, 0.6) is 0 Å². The highest BCUT2D eigenvalue weighted by atomic mass is 35.5. The number of hydrogen-bond acceptors (Lipinski definition) is 2. The van der Waals surface area contributed by atoms with Gasteiger partial charge in [0.25, 0.3) is 0 Å². The van der Waals surface area contributed by atoms with Crippen molar-refractivity contribution in [2.24, 2.45) is 5.92 Å². The topological polar surface area (TPSA) is 47.4 Å². The number of hydrogen-bond donors (Lipinski definition) is 2. The lowest BCUT2D eigenvalue weighted by Crippen LogP contribution is -3.14. The maximum atomic E-state index is 12.7. The fraction of sp³-hybridized carbons (Fsp3) is 0.682. The Labute approximate surface area is 184 Å². The van der Waals surface area contributed by atoms with Crippen molar-refractivity contribution in [3.05, 3.63) is 35.4 Å². The van der Waals surface area contributed by atoms with E-state index in [1.54, 1.807) is 4.90 Å². The van der Waals surface area contributed by atoms with Gasteiger partial charge in [0.1, 0.15) is 13.1 Å². The summed E-state index contributed by atoms with van der Waals surface area (Å²) in [4.78, 5) is 14.3. The van der Waals surface area contributed by atoms with E-state index in [-0.39, 0.29) is 36.8 Å². The fourth-order valence-corrected chi connectivity index (χ4v) is 3.00. The van der Waals surface area contributed by atoms with Crippen molar-refractivity contribution in [3.8, 4) is 0 Å². The highest BCUT2D eigenvalue weighted by molar-refractivity contribution is 5.76. The molecule has 0 aromatic heterocycles. The second kappa shape index (κ2) is 16.0. The molecule has 164 valence electrons. The molecule has 1 aromatic rings. The number of likely N-dealkylation sites (N-methyl/N-ethyl adjacent to an activating group) is 1. The molecule has 4 nitrogen and oxygen atoms in total. The van der Waals surface area contributed by atoms with Crippen molar-refractivity contribution in [1.29, 1.82) is 0 Å². The number of esters is 1. The van der Waals surface area contributed by atoms with Crippen molar-refractivity contribution in [3.63, 3.8) is 0 Å². The third-order valence-electron chi connectivity index (χ3n) is 5.06. The standard InChI is InChI=1S/C22H38N2O2.2ClH/c1-7-24(8-2)15-14-23-21(22(25)26-16-13-17(3)4)20-11-9-19(10-12-20)18(5)6;;/h9-12,17-18,21,23H,7-8,13-16H2,1-6H3;2*1H. The highest BCUT2D eigenvalue weighted by Crippen LogP contribution is 2.18. The maximum Gasteiger partial charge on any atom is 0.369 e. The first-order valence-corrected chi connectivity index (χ1v) is 10.3. The minimum absolute atomic E-state index is 0. The lowest BCUT2D eigenvalue weighted by molar-refractivity contribution is -0.910. The minimum Gasteiger partial charge on any atom is -1.00 e. The average Bonchev–Trinajstić information content (AvgIpc) is 2.61. The van der Waals surface area contributed by atoms with Gasteiger partial charge < -0.3 is 39.8 Å². The van der Waals surface area contributed by atoms with Crippen LogP contribution < -0.4 is 35.0 Å². The fourth-order valence-electron chi connectivity index (χ4n) is 3.00. The van der Waals surface area contributed by atoms with Crippen molar-refractivity contribution in [2.75, 3.05) is 32.8 Å². The molecule has 0 heterocycles. The molecule has 1 unspecified atom stereocenters. The second-order valence-corrected chi connectivity index (χ2v) is 7.88. The summed E-state index contributed by atoms with van der Waals surface area (Å²) in [5, 5.41) is 2.15. The van der Waals surface area contributed by atoms with Crippen LogP contribution in [0.3, 0.4) is 0 Å². The third-order valence-corrected chi connectivity index (χ3v) is 5.06. The molecule has 28 heavy (non-hydrogen) atoms. The Bertz CT molecular complexity index is 518. The lowest BCUT2D eigenvalue weighted by atomic mass is 9.99. The number of carbonyl (C=O) groups excluding carboxylic acids is 1. The Kier molecular flexibility index (Phi) is 16.8. The van der Waals surface area contributed by atoms with Crippen molar-refractivity contribution < 1.29 is 44.6 Å². The van der Waals surface area contributed by atoms with Gasteiger partial charge in [-0.25, -0.2) is 4.79 Å². The zero-order valence-electron chi connectivity index (χ0n) is 18.4. The number of nitrogens with two attached hydrogens (primary N) is 1. The summed E-state index contributed by atoms with van der Waals surface area (Å²) in [6.07, 6.45) is 0.911. The number of halogens is 2. The molecule has 0 spiro atoms. The highest BCUT2D eigenvalue weighted by Gasteiger charge is 2.26. The summed E-state index contributed by atoms with van der Waals surface area (Å²) >= 11 is 0. The Hall–Kier alpha value is -0.810. The summed E-state index contributed by atoms with van der Waals surface area (Å²) in [7, 11) is 0. The Morgan fingerprint density at radius 3 is 2.00 bits per heavy atom. The number of nitrogens with one attached hydrogen (secondary N) is 1. The van der Waals surface area contributed by atoms with E-state index in [4.69, 9.17) is 4.74 Å². The summed E-state index contributed by atoms with van der Waals surface area (Å²) in [5.41, 5.74) is 2.34. The van der Waals surface area contributed by atoms with E-state index < -0.39 is 0 Å². The van der Waals surface area contributed by atoms with Crippen LogP contribution >= 0.6 is 0 Å². The van der Waals surface area contributed by atoms with E-state index in [2.05, 4.69) is 71.1 Å². The van der Waals surface area contributed by atoms with Crippen molar-refractivity contribution in [1.82, 2.24) is 0 Å². The van der Waals surface area contributed by atoms with Gasteiger partial charge in [-0.15, -0.1) is 0 Å². The molecule has 0 aliphatic carbocycles. The van der Waals surface area contributed by atoms with Gasteiger partial charge in [-0.1, -0.05) is 52.0 Å². The molecule has 0 bridgehead atoms. The number of ether oxygens (including phenoxy) is 1. The molecule has 3 N–H and O–H groups in total. The molecular weight excluding hydrogens is 395 g/mol. The van der Waals surface area contributed by atoms with Crippen molar-refractivity contribution >= 4 is 5.97 Å². The first-order chi connectivity index (χ1) is 12.4. The Morgan fingerprint density at radius 1 is 1.00 bits per heavy atom. The number of quaternary nitrogens is 2. The molecule has 0 saturated heterocycles. The SMILES string of the molecule is CC[NH+](CC)CC[NH2+]C(C(=O)OCCC(C)C)c1ccc(C(C)C)cc1.[Cl-].[Cl-]. The molecule has 0 aliphatic rings. The average molecular weight is 435 g/mol. The van der Waals surface area contributed by atoms with Gasteiger partial charge >= 0.3 is 5.97 Å². The lowest BCUT2D eigenvalue weighted by Gasteiger charge is -2.19. The number of carbonyl (C=O) groups is 1. The van der Waals surface area contributed by atoms with E-state index in [0.29, 0.717) is 18.4 Å². The number of rotatable bonds is 12. The molecule has 0 fully saturated rings. The normalized spacial score (nSPS) is 11.9. The molecule has 6 heteroatoms. The van der Waals surface area contributed by atoms with E-state index in [1.807, 2.05) is 0 Å². The van der Waals surface area contributed by atoms with Crippen LogP contribution in [0.4, 0.5) is 0 Å². The molecule has 1 aromatic carbocycles. The van der Waals surface area contributed by atoms with Gasteiger partial charge in [0.05, 0.1) is 19.7 Å². The Morgan fingerprint density at radius 2 is 1.54 bits per heavy atom. The zero-order valence-corrected chi connectivity index (χ0v) is 19.9. The van der Waals surface area contributed by atoms with Gasteiger partial charge in [0, 0.05) is 5.56 Å². The van der Waals surface area contributed by atoms with Gasteiger partial charge in [-0.2, -0.15) is 0 Å². The van der Waals surface area contributed by atoms with Gasteiger partial charge in [0.2, 0.25) is 6.04 Å². The summed E-state index contributed by atoms with van der Waals surface area (Å²) in [6, 6.07) is 8.18. The van der Waals surface area contributed by atoms with Gasteiger partial charge in [0.15, 0.2) is 0 Å². The van der Waals surface area contributed by atoms with Crippen LogP contribution in [0.25, 0.3) is 0 Å². The summed E-state index contributed by atoms with van der Waals surface area (Å²) < 4.78 is 5.58. The largest absolute Gasteiger partial charge is 1.00 e. The van der Waals surface area contributed by atoms with E-state index in [9.17, 15) is 4.79 Å². The van der Waals surface area contributed by atoms with Crippen LogP contribution in [0, 0.1) is 5.92 Å². The zero-order chi connectivity index (χ0) is 19.5. The Balaban J connectivity index is 0. The van der Waals surface area contributed by atoms with E-state index in [1.165, 1.54) is 5.56 Å². The predicted molar refractivity (Wildman–Crippen MR) is 107 cm³/mol. The van der Waals surface area contributed by atoms with Gasteiger partial charge in [-0.05, 0) is 37.7 Å². The molecule has 1 atom stereocenters. The smallest absolute Gasteiger partial charge is 0.369 e. The second-order valence-electron chi connectivity index (χ2n) is 7.88. The summed E-state index contributed by atoms with van der Waals surface area (Å²) in [6.45, 7) is 17.8. The molecule has 0 saturated carbocycles. The molecule has 0 radical (unpaired) electrons. The van der Waals surface area contributed by atoms with E-state index >= 15 is 0 Å². The van der Waals surface area contributed by atoms with E-state index in [0.717, 1.165) is 38.2 Å². The van der Waals surface area contributed by atoms with Crippen LogP contribution in [-0.4, -0.2) is 38.8 Å². The molecule has 0 amide bonds. The maximum absolute atomic E-state index is 12.7. The minimum atomic E-state index is -0.265. The molecule has 0 aliphatic heterocycles. The first kappa shape index (κ1) is 29.4. The quantitative estimate of drug-likeness (QED) is 0.329.